The smallest absolute Gasteiger partial charge is 0.407 e. The number of rotatable bonds is 9. The predicted molar refractivity (Wildman–Crippen MR) is 131 cm³/mol. The topological polar surface area (TPSA) is 95.9 Å². The molecule has 1 aliphatic heterocycles. The Morgan fingerprint density at radius 3 is 2.20 bits per heavy atom. The Labute approximate surface area is 205 Å². The van der Waals surface area contributed by atoms with Crippen LogP contribution < -0.4 is 5.32 Å². The molecule has 2 N–H and O–H groups in total. The van der Waals surface area contributed by atoms with Crippen LogP contribution in [0.3, 0.4) is 0 Å². The second-order valence-corrected chi connectivity index (χ2v) is 10.3. The molecule has 1 saturated carbocycles. The zero-order valence-corrected chi connectivity index (χ0v) is 19.9. The average molecular weight is 477 g/mol. The number of hydrogen-bond acceptors (Lipinski definition) is 4. The van der Waals surface area contributed by atoms with Gasteiger partial charge >= 0.3 is 12.1 Å². The first-order valence-electron chi connectivity index (χ1n) is 12.5. The SMILES string of the molecule is O=C(O)CCC1CN(C(=O)CC2(CNC(=O)OCC3c4ccccc4-c4ccccc43)CCC2)C1. The third kappa shape index (κ3) is 4.90. The largest absolute Gasteiger partial charge is 0.481 e. The zero-order valence-electron chi connectivity index (χ0n) is 19.9. The lowest BCUT2D eigenvalue weighted by Crippen LogP contribution is -2.53. The summed E-state index contributed by atoms with van der Waals surface area (Å²) in [5.41, 5.74) is 4.55. The van der Waals surface area contributed by atoms with E-state index in [-0.39, 0.29) is 36.2 Å². The number of fused-ring (bicyclic) bond motifs is 3. The van der Waals surface area contributed by atoms with Crippen molar-refractivity contribution in [2.24, 2.45) is 11.3 Å². The number of carboxylic acid groups (broad SMARTS) is 1. The molecule has 0 radical (unpaired) electrons. The Morgan fingerprint density at radius 1 is 1.00 bits per heavy atom. The third-order valence-electron chi connectivity index (χ3n) is 7.97. The number of amides is 2. The fourth-order valence-corrected chi connectivity index (χ4v) is 5.72. The van der Waals surface area contributed by atoms with Crippen LogP contribution >= 0.6 is 0 Å². The van der Waals surface area contributed by atoms with Crippen LogP contribution in [0.15, 0.2) is 48.5 Å². The second kappa shape index (κ2) is 9.72. The maximum atomic E-state index is 12.8. The summed E-state index contributed by atoms with van der Waals surface area (Å²) in [7, 11) is 0. The Morgan fingerprint density at radius 2 is 1.63 bits per heavy atom. The first-order chi connectivity index (χ1) is 16.9. The fourth-order valence-electron chi connectivity index (χ4n) is 5.72. The van der Waals surface area contributed by atoms with Gasteiger partial charge in [0, 0.05) is 38.4 Å². The van der Waals surface area contributed by atoms with Gasteiger partial charge in [0.15, 0.2) is 0 Å². The van der Waals surface area contributed by atoms with E-state index in [9.17, 15) is 14.4 Å². The summed E-state index contributed by atoms with van der Waals surface area (Å²) in [6.07, 6.45) is 3.64. The Bertz CT molecular complexity index is 1070. The van der Waals surface area contributed by atoms with Crippen LogP contribution in [0.4, 0.5) is 4.79 Å². The number of carbonyl (C=O) groups excluding carboxylic acids is 2. The molecular formula is C28H32N2O5. The normalized spacial score (nSPS) is 18.1. The van der Waals surface area contributed by atoms with Crippen LogP contribution in [-0.2, 0) is 14.3 Å². The molecule has 0 bridgehead atoms. The van der Waals surface area contributed by atoms with Crippen molar-refractivity contribution in [2.45, 2.75) is 44.4 Å². The highest BCUT2D eigenvalue weighted by atomic mass is 16.5. The number of likely N-dealkylation sites (tertiary alicyclic amines) is 1. The van der Waals surface area contributed by atoms with Gasteiger partial charge in [0.1, 0.15) is 6.61 Å². The van der Waals surface area contributed by atoms with E-state index in [2.05, 4.69) is 29.6 Å². The van der Waals surface area contributed by atoms with Crippen molar-refractivity contribution in [3.8, 4) is 11.1 Å². The van der Waals surface area contributed by atoms with Crippen molar-refractivity contribution in [1.29, 1.82) is 0 Å². The van der Waals surface area contributed by atoms with Crippen molar-refractivity contribution < 1.29 is 24.2 Å². The van der Waals surface area contributed by atoms with Gasteiger partial charge in [-0.15, -0.1) is 0 Å². The van der Waals surface area contributed by atoms with Crippen LogP contribution in [-0.4, -0.2) is 54.2 Å². The molecule has 0 atom stereocenters. The first-order valence-corrected chi connectivity index (χ1v) is 12.5. The van der Waals surface area contributed by atoms with Gasteiger partial charge in [-0.3, -0.25) is 9.59 Å². The van der Waals surface area contributed by atoms with E-state index in [1.54, 1.807) is 0 Å². The van der Waals surface area contributed by atoms with Crippen LogP contribution in [0.2, 0.25) is 0 Å². The van der Waals surface area contributed by atoms with Gasteiger partial charge in [-0.05, 0) is 52.8 Å². The summed E-state index contributed by atoms with van der Waals surface area (Å²) >= 11 is 0. The molecule has 0 aromatic heterocycles. The fraction of sp³-hybridized carbons (Fsp3) is 0.464. The van der Waals surface area contributed by atoms with Crippen molar-refractivity contribution in [3.63, 3.8) is 0 Å². The van der Waals surface area contributed by atoms with Crippen LogP contribution in [0, 0.1) is 11.3 Å². The number of alkyl carbamates (subject to hydrolysis) is 1. The van der Waals surface area contributed by atoms with Gasteiger partial charge in [-0.2, -0.15) is 0 Å². The summed E-state index contributed by atoms with van der Waals surface area (Å²) < 4.78 is 5.66. The molecule has 2 aliphatic carbocycles. The number of ether oxygens (including phenoxy) is 1. The van der Waals surface area contributed by atoms with Gasteiger partial charge in [0.25, 0.3) is 0 Å². The van der Waals surface area contributed by atoms with E-state index >= 15 is 0 Å². The zero-order chi connectivity index (χ0) is 24.4. The lowest BCUT2D eigenvalue weighted by Gasteiger charge is -2.45. The highest BCUT2D eigenvalue weighted by Gasteiger charge is 2.42. The van der Waals surface area contributed by atoms with E-state index in [1.807, 2.05) is 29.2 Å². The van der Waals surface area contributed by atoms with Crippen LogP contribution in [0.25, 0.3) is 11.1 Å². The third-order valence-corrected chi connectivity index (χ3v) is 7.97. The van der Waals surface area contributed by atoms with Crippen molar-refractivity contribution in [2.75, 3.05) is 26.2 Å². The summed E-state index contributed by atoms with van der Waals surface area (Å²) in [5.74, 6) is -0.382. The Balaban J connectivity index is 1.10. The molecule has 2 aromatic rings. The van der Waals surface area contributed by atoms with Crippen molar-refractivity contribution >= 4 is 18.0 Å². The minimum Gasteiger partial charge on any atom is -0.481 e. The average Bonchev–Trinajstić information content (AvgIpc) is 3.12. The van der Waals surface area contributed by atoms with Crippen molar-refractivity contribution in [1.82, 2.24) is 10.2 Å². The van der Waals surface area contributed by atoms with E-state index < -0.39 is 12.1 Å². The highest BCUT2D eigenvalue weighted by molar-refractivity contribution is 5.79. The maximum absolute atomic E-state index is 12.8. The maximum Gasteiger partial charge on any atom is 0.407 e. The molecule has 1 saturated heterocycles. The molecule has 5 rings (SSSR count). The molecule has 184 valence electrons. The van der Waals surface area contributed by atoms with Gasteiger partial charge in [0.05, 0.1) is 0 Å². The van der Waals surface area contributed by atoms with E-state index in [0.29, 0.717) is 32.5 Å². The summed E-state index contributed by atoms with van der Waals surface area (Å²) in [4.78, 5) is 37.9. The van der Waals surface area contributed by atoms with E-state index in [4.69, 9.17) is 9.84 Å². The molecule has 2 amide bonds. The molecule has 3 aliphatic rings. The summed E-state index contributed by atoms with van der Waals surface area (Å²) in [6, 6.07) is 16.5. The molecular weight excluding hydrogens is 444 g/mol. The van der Waals surface area contributed by atoms with E-state index in [1.165, 1.54) is 22.3 Å². The van der Waals surface area contributed by atoms with Gasteiger partial charge in [-0.1, -0.05) is 55.0 Å². The Hall–Kier alpha value is -3.35. The number of benzene rings is 2. The number of aliphatic carboxylic acids is 1. The monoisotopic (exact) mass is 476 g/mol. The number of nitrogens with zero attached hydrogens (tertiary/aromatic N) is 1. The molecule has 1 heterocycles. The number of carbonyl (C=O) groups is 3. The molecule has 7 heteroatoms. The molecule has 7 nitrogen and oxygen atoms in total. The van der Waals surface area contributed by atoms with Crippen molar-refractivity contribution in [3.05, 3.63) is 59.7 Å². The predicted octanol–water partition coefficient (Wildman–Crippen LogP) is 4.41. The first kappa shape index (κ1) is 23.4. The number of hydrogen-bond donors (Lipinski definition) is 2. The van der Waals surface area contributed by atoms with Gasteiger partial charge in [-0.25, -0.2) is 4.79 Å². The molecule has 0 unspecified atom stereocenters. The molecule has 0 spiro atoms. The summed E-state index contributed by atoms with van der Waals surface area (Å²) in [5, 5.41) is 11.7. The quantitative estimate of drug-likeness (QED) is 0.559. The van der Waals surface area contributed by atoms with E-state index in [0.717, 1.165) is 19.3 Å². The second-order valence-electron chi connectivity index (χ2n) is 10.3. The minimum atomic E-state index is -0.789. The number of nitrogens with one attached hydrogen (secondary N) is 1. The molecule has 2 fully saturated rings. The van der Waals surface area contributed by atoms with Crippen LogP contribution in [0.5, 0.6) is 0 Å². The Kier molecular flexibility index (Phi) is 6.50. The lowest BCUT2D eigenvalue weighted by atomic mass is 9.66. The van der Waals surface area contributed by atoms with Gasteiger partial charge in [0.2, 0.25) is 5.91 Å². The lowest BCUT2D eigenvalue weighted by molar-refractivity contribution is -0.142. The standard InChI is InChI=1S/C28H32N2O5/c31-25(30-15-19(16-30)10-11-26(32)33)14-28(12-5-13-28)18-29-27(34)35-17-24-22-8-3-1-6-20(22)21-7-2-4-9-23(21)24/h1-4,6-9,19,24H,5,10-18H2,(H,29,34)(H,32,33). The highest BCUT2D eigenvalue weighted by Crippen LogP contribution is 2.45. The van der Waals surface area contributed by atoms with Gasteiger partial charge < -0.3 is 20.1 Å². The summed E-state index contributed by atoms with van der Waals surface area (Å²) in [6.45, 7) is 1.99. The molecule has 35 heavy (non-hydrogen) atoms. The molecule has 2 aromatic carbocycles. The van der Waals surface area contributed by atoms with Crippen LogP contribution in [0.1, 0.15) is 55.6 Å². The minimum absolute atomic E-state index is 0.0212. The number of carboxylic acids is 1.